The molecular formula is C8H6ClN. The van der Waals surface area contributed by atoms with E-state index in [1.54, 1.807) is 12.3 Å². The minimum atomic E-state index is 0.507. The zero-order valence-electron chi connectivity index (χ0n) is 5.56. The average Bonchev–Trinajstić information content (AvgIpc) is 1.88. The molecule has 0 unspecified atom stereocenters. The molecule has 1 rings (SSSR count). The number of hydrogen-bond acceptors (Lipinski definition) is 1. The van der Waals surface area contributed by atoms with Crippen LogP contribution in [0.4, 0.5) is 0 Å². The maximum Gasteiger partial charge on any atom is 0.131 e. The molecule has 0 aliphatic carbocycles. The van der Waals surface area contributed by atoms with Crippen molar-refractivity contribution in [3.63, 3.8) is 0 Å². The van der Waals surface area contributed by atoms with Crippen molar-refractivity contribution in [3.8, 4) is 12.3 Å². The third-order valence-electron chi connectivity index (χ3n) is 1.11. The lowest BCUT2D eigenvalue weighted by Crippen LogP contribution is -1.84. The molecule has 1 heterocycles. The van der Waals surface area contributed by atoms with Gasteiger partial charge in [0.2, 0.25) is 0 Å². The molecule has 0 spiro atoms. The summed E-state index contributed by atoms with van der Waals surface area (Å²) in [5.41, 5.74) is 1.52. The van der Waals surface area contributed by atoms with Crippen molar-refractivity contribution in [3.05, 3.63) is 28.5 Å². The first-order valence-corrected chi connectivity index (χ1v) is 3.20. The van der Waals surface area contributed by atoms with Gasteiger partial charge in [0.15, 0.2) is 0 Å². The van der Waals surface area contributed by atoms with Gasteiger partial charge in [-0.3, -0.25) is 0 Å². The van der Waals surface area contributed by atoms with Crippen LogP contribution in [0.25, 0.3) is 0 Å². The fraction of sp³-hybridized carbons (Fsp3) is 0.125. The Balaban J connectivity index is 3.23. The van der Waals surface area contributed by atoms with Gasteiger partial charge in [-0.25, -0.2) is 4.98 Å². The Morgan fingerprint density at radius 1 is 1.70 bits per heavy atom. The molecule has 0 N–H and O–H groups in total. The van der Waals surface area contributed by atoms with Gasteiger partial charge in [-0.1, -0.05) is 11.6 Å². The molecular weight excluding hydrogens is 146 g/mol. The minimum absolute atomic E-state index is 0.507. The van der Waals surface area contributed by atoms with Crippen LogP contribution >= 0.6 is 11.6 Å². The van der Waals surface area contributed by atoms with Crippen LogP contribution in [0.2, 0.25) is 5.02 Å². The lowest BCUT2D eigenvalue weighted by Gasteiger charge is -1.94. The van der Waals surface area contributed by atoms with E-state index in [-0.39, 0.29) is 0 Å². The van der Waals surface area contributed by atoms with Gasteiger partial charge in [0.05, 0.1) is 5.02 Å². The summed E-state index contributed by atoms with van der Waals surface area (Å²) in [6.45, 7) is 1.92. The highest BCUT2D eigenvalue weighted by Gasteiger charge is 1.96. The van der Waals surface area contributed by atoms with Gasteiger partial charge in [-0.05, 0) is 24.5 Å². The number of aromatic nitrogens is 1. The second kappa shape index (κ2) is 2.72. The van der Waals surface area contributed by atoms with Crippen molar-refractivity contribution < 1.29 is 0 Å². The molecule has 0 bridgehead atoms. The Bertz CT molecular complexity index is 286. The van der Waals surface area contributed by atoms with Crippen LogP contribution in [0.15, 0.2) is 12.3 Å². The van der Waals surface area contributed by atoms with E-state index in [4.69, 9.17) is 18.0 Å². The van der Waals surface area contributed by atoms with Gasteiger partial charge < -0.3 is 0 Å². The third-order valence-corrected chi connectivity index (χ3v) is 1.40. The Labute approximate surface area is 65.0 Å². The second-order valence-corrected chi connectivity index (χ2v) is 2.39. The van der Waals surface area contributed by atoms with Crippen molar-refractivity contribution >= 4 is 11.6 Å². The van der Waals surface area contributed by atoms with E-state index in [0.29, 0.717) is 10.7 Å². The second-order valence-electron chi connectivity index (χ2n) is 1.99. The van der Waals surface area contributed by atoms with E-state index >= 15 is 0 Å². The highest BCUT2D eigenvalue weighted by Crippen LogP contribution is 2.12. The fourth-order valence-corrected chi connectivity index (χ4v) is 0.915. The van der Waals surface area contributed by atoms with E-state index in [0.717, 1.165) is 5.56 Å². The summed E-state index contributed by atoms with van der Waals surface area (Å²) in [4.78, 5) is 3.93. The molecule has 0 saturated carbocycles. The lowest BCUT2D eigenvalue weighted by atomic mass is 10.3. The molecule has 2 heteroatoms. The van der Waals surface area contributed by atoms with Crippen molar-refractivity contribution in [1.82, 2.24) is 4.98 Å². The van der Waals surface area contributed by atoms with Crippen LogP contribution in [0.5, 0.6) is 0 Å². The van der Waals surface area contributed by atoms with E-state index in [2.05, 4.69) is 10.9 Å². The largest absolute Gasteiger partial charge is 0.246 e. The highest BCUT2D eigenvalue weighted by atomic mass is 35.5. The first-order chi connectivity index (χ1) is 4.74. The molecule has 0 aromatic carbocycles. The summed E-state index contributed by atoms with van der Waals surface area (Å²) in [7, 11) is 0. The molecule has 0 aliphatic heterocycles. The first kappa shape index (κ1) is 7.11. The monoisotopic (exact) mass is 151 g/mol. The summed E-state index contributed by atoms with van der Waals surface area (Å²) in [5.74, 6) is 2.38. The molecule has 0 amide bonds. The van der Waals surface area contributed by atoms with Crippen molar-refractivity contribution in [2.45, 2.75) is 6.92 Å². The summed E-state index contributed by atoms with van der Waals surface area (Å²) in [6.07, 6.45) is 6.80. The molecule has 0 aliphatic rings. The lowest BCUT2D eigenvalue weighted by molar-refractivity contribution is 1.24. The molecule has 1 nitrogen and oxygen atoms in total. The maximum atomic E-state index is 5.72. The molecule has 0 atom stereocenters. The van der Waals surface area contributed by atoms with E-state index in [1.165, 1.54) is 0 Å². The SMILES string of the molecule is C#Cc1ncc(C)cc1Cl. The predicted molar refractivity (Wildman–Crippen MR) is 41.9 cm³/mol. The van der Waals surface area contributed by atoms with Crippen molar-refractivity contribution in [2.24, 2.45) is 0 Å². The van der Waals surface area contributed by atoms with Crippen LogP contribution in [-0.4, -0.2) is 4.98 Å². The standard InChI is InChI=1S/C8H6ClN/c1-3-8-7(9)4-6(2)5-10-8/h1,4-5H,2H3. The Morgan fingerprint density at radius 3 is 2.90 bits per heavy atom. The van der Waals surface area contributed by atoms with Crippen LogP contribution in [-0.2, 0) is 0 Å². The first-order valence-electron chi connectivity index (χ1n) is 2.83. The average molecular weight is 152 g/mol. The number of nitrogens with zero attached hydrogens (tertiary/aromatic N) is 1. The topological polar surface area (TPSA) is 12.9 Å². The number of terminal acetylenes is 1. The number of halogens is 1. The summed E-state index contributed by atoms with van der Waals surface area (Å²) < 4.78 is 0. The van der Waals surface area contributed by atoms with Gasteiger partial charge >= 0.3 is 0 Å². The zero-order valence-corrected chi connectivity index (χ0v) is 6.31. The number of aryl methyl sites for hydroxylation is 1. The highest BCUT2D eigenvalue weighted by molar-refractivity contribution is 6.31. The minimum Gasteiger partial charge on any atom is -0.246 e. The van der Waals surface area contributed by atoms with E-state index in [1.807, 2.05) is 6.92 Å². The van der Waals surface area contributed by atoms with E-state index < -0.39 is 0 Å². The van der Waals surface area contributed by atoms with E-state index in [9.17, 15) is 0 Å². The molecule has 1 aromatic heterocycles. The number of hydrogen-bond donors (Lipinski definition) is 0. The summed E-state index contributed by atoms with van der Waals surface area (Å²) >= 11 is 5.72. The van der Waals surface area contributed by atoms with Crippen molar-refractivity contribution in [1.29, 1.82) is 0 Å². The van der Waals surface area contributed by atoms with Gasteiger partial charge in [-0.15, -0.1) is 6.42 Å². The van der Waals surface area contributed by atoms with Crippen LogP contribution in [0.3, 0.4) is 0 Å². The normalized spacial score (nSPS) is 8.90. The maximum absolute atomic E-state index is 5.72. The number of rotatable bonds is 0. The van der Waals surface area contributed by atoms with Crippen LogP contribution in [0, 0.1) is 19.3 Å². The molecule has 50 valence electrons. The fourth-order valence-electron chi connectivity index (χ4n) is 0.640. The van der Waals surface area contributed by atoms with Gasteiger partial charge in [0.1, 0.15) is 5.69 Å². The van der Waals surface area contributed by atoms with Crippen LogP contribution < -0.4 is 0 Å². The summed E-state index contributed by atoms with van der Waals surface area (Å²) in [6, 6.07) is 1.80. The third kappa shape index (κ3) is 1.29. The smallest absolute Gasteiger partial charge is 0.131 e. The van der Waals surface area contributed by atoms with Gasteiger partial charge in [0, 0.05) is 6.20 Å². The summed E-state index contributed by atoms with van der Waals surface area (Å²) in [5, 5.41) is 0.544. The molecule has 1 aromatic rings. The predicted octanol–water partition coefficient (Wildman–Crippen LogP) is 2.02. The Kier molecular flexibility index (Phi) is 1.94. The van der Waals surface area contributed by atoms with Crippen molar-refractivity contribution in [2.75, 3.05) is 0 Å². The molecule has 0 saturated heterocycles. The van der Waals surface area contributed by atoms with Gasteiger partial charge in [0.25, 0.3) is 0 Å². The Hall–Kier alpha value is -1.00. The molecule has 10 heavy (non-hydrogen) atoms. The number of pyridine rings is 1. The molecule has 0 radical (unpaired) electrons. The molecule has 0 fully saturated rings. The Morgan fingerprint density at radius 2 is 2.40 bits per heavy atom. The van der Waals surface area contributed by atoms with Gasteiger partial charge in [-0.2, -0.15) is 0 Å². The zero-order chi connectivity index (χ0) is 7.56. The van der Waals surface area contributed by atoms with Crippen LogP contribution in [0.1, 0.15) is 11.3 Å². The quantitative estimate of drug-likeness (QED) is 0.517.